The molecule has 2 amide bonds. The molecule has 2 atom stereocenters. The van der Waals surface area contributed by atoms with Crippen LogP contribution in [0.5, 0.6) is 0 Å². The van der Waals surface area contributed by atoms with Gasteiger partial charge in [0.25, 0.3) is 5.91 Å². The quantitative estimate of drug-likeness (QED) is 0.730. The summed E-state index contributed by atoms with van der Waals surface area (Å²) in [6, 6.07) is 9.21. The molecule has 0 bridgehead atoms. The zero-order valence-electron chi connectivity index (χ0n) is 15.3. The van der Waals surface area contributed by atoms with Gasteiger partial charge in [0.05, 0.1) is 6.07 Å². The summed E-state index contributed by atoms with van der Waals surface area (Å²) in [6.45, 7) is 2.36. The van der Waals surface area contributed by atoms with E-state index in [2.05, 4.69) is 27.0 Å². The average Bonchev–Trinajstić information content (AvgIpc) is 3.05. The molecular formula is C19H22N6O2. The smallest absolute Gasteiger partial charge is 0.251 e. The van der Waals surface area contributed by atoms with E-state index in [-0.39, 0.29) is 11.8 Å². The topological polar surface area (TPSA) is 110 Å². The average molecular weight is 366 g/mol. The van der Waals surface area contributed by atoms with E-state index in [0.29, 0.717) is 30.8 Å². The maximum absolute atomic E-state index is 12.7. The normalized spacial score (nSPS) is 24.0. The predicted molar refractivity (Wildman–Crippen MR) is 102 cm³/mol. The molecule has 1 aromatic rings. The minimum absolute atomic E-state index is 0.148. The van der Waals surface area contributed by atoms with Gasteiger partial charge in [0, 0.05) is 31.1 Å². The molecule has 0 aliphatic carbocycles. The molecule has 8 nitrogen and oxygen atoms in total. The summed E-state index contributed by atoms with van der Waals surface area (Å²) >= 11 is 0. The van der Waals surface area contributed by atoms with Crippen molar-refractivity contribution in [2.24, 2.45) is 10.4 Å². The molecule has 1 aromatic carbocycles. The molecule has 0 radical (unpaired) electrons. The number of benzene rings is 1. The number of nitrogens with zero attached hydrogens (tertiary/aromatic N) is 3. The Balaban J connectivity index is 1.66. The highest BCUT2D eigenvalue weighted by molar-refractivity contribution is 5.94. The minimum atomic E-state index is -0.935. The Bertz CT molecular complexity index is 839. The third-order valence-corrected chi connectivity index (χ3v) is 4.95. The number of carbonyl (C=O) groups excluding carboxylic acids is 2. The Morgan fingerprint density at radius 1 is 1.44 bits per heavy atom. The maximum Gasteiger partial charge on any atom is 0.251 e. The van der Waals surface area contributed by atoms with E-state index in [1.807, 2.05) is 6.92 Å². The number of nitriles is 1. The molecular weight excluding hydrogens is 344 g/mol. The van der Waals surface area contributed by atoms with Crippen LogP contribution >= 0.6 is 0 Å². The summed E-state index contributed by atoms with van der Waals surface area (Å²) in [5.74, 6) is 0.306. The second-order valence-electron chi connectivity index (χ2n) is 6.45. The first-order valence-electron chi connectivity index (χ1n) is 8.85. The standard InChI is InChI=1S/C19H22N6O2/c1-3-19(12-20)9-11-25(17(19)27)15-8-10-22-18(24-15)23-14-6-4-13(5-7-14)16(26)21-2/h4-8,10,18,23-24H,3,9,11H2,1-2H3,(H,21,26). The lowest BCUT2D eigenvalue weighted by Gasteiger charge is -2.28. The van der Waals surface area contributed by atoms with E-state index in [9.17, 15) is 14.9 Å². The van der Waals surface area contributed by atoms with Crippen LogP contribution in [0.1, 0.15) is 30.1 Å². The number of hydrogen-bond donors (Lipinski definition) is 3. The van der Waals surface area contributed by atoms with E-state index in [0.717, 1.165) is 5.69 Å². The molecule has 0 spiro atoms. The number of amides is 2. The summed E-state index contributed by atoms with van der Waals surface area (Å²) in [5, 5.41) is 18.4. The van der Waals surface area contributed by atoms with Crippen molar-refractivity contribution < 1.29 is 9.59 Å². The van der Waals surface area contributed by atoms with Gasteiger partial charge in [-0.3, -0.25) is 14.5 Å². The van der Waals surface area contributed by atoms with Gasteiger partial charge in [-0.2, -0.15) is 5.26 Å². The number of allylic oxidation sites excluding steroid dienone is 1. The molecule has 3 rings (SSSR count). The van der Waals surface area contributed by atoms with Crippen molar-refractivity contribution in [3.8, 4) is 6.07 Å². The highest BCUT2D eigenvalue weighted by Gasteiger charge is 2.47. The van der Waals surface area contributed by atoms with Crippen molar-refractivity contribution in [2.45, 2.75) is 26.1 Å². The van der Waals surface area contributed by atoms with Crippen LogP contribution in [0.25, 0.3) is 0 Å². The monoisotopic (exact) mass is 366 g/mol. The maximum atomic E-state index is 12.7. The van der Waals surface area contributed by atoms with Crippen LogP contribution in [-0.2, 0) is 4.79 Å². The van der Waals surface area contributed by atoms with Gasteiger partial charge in [-0.1, -0.05) is 6.92 Å². The largest absolute Gasteiger partial charge is 0.355 e. The number of hydrogen-bond acceptors (Lipinski definition) is 6. The third-order valence-electron chi connectivity index (χ3n) is 4.95. The van der Waals surface area contributed by atoms with Crippen molar-refractivity contribution in [1.82, 2.24) is 15.5 Å². The van der Waals surface area contributed by atoms with Gasteiger partial charge < -0.3 is 16.0 Å². The van der Waals surface area contributed by atoms with Crippen LogP contribution in [0.2, 0.25) is 0 Å². The predicted octanol–water partition coefficient (Wildman–Crippen LogP) is 1.41. The highest BCUT2D eigenvalue weighted by atomic mass is 16.2. The lowest BCUT2D eigenvalue weighted by molar-refractivity contribution is -0.132. The van der Waals surface area contributed by atoms with Gasteiger partial charge >= 0.3 is 0 Å². The zero-order chi connectivity index (χ0) is 19.4. The fourth-order valence-electron chi connectivity index (χ4n) is 3.20. The number of carbonyl (C=O) groups is 2. The zero-order valence-corrected chi connectivity index (χ0v) is 15.3. The SMILES string of the molecule is CCC1(C#N)CCN(C2=CC=NC(Nc3ccc(C(=O)NC)cc3)N2)C1=O. The first kappa shape index (κ1) is 18.5. The number of anilines is 1. The molecule has 2 unspecified atom stereocenters. The second-order valence-corrected chi connectivity index (χ2v) is 6.45. The summed E-state index contributed by atoms with van der Waals surface area (Å²) in [7, 11) is 1.59. The molecule has 0 saturated carbocycles. The van der Waals surface area contributed by atoms with Crippen LogP contribution in [-0.4, -0.2) is 42.8 Å². The molecule has 3 N–H and O–H groups in total. The van der Waals surface area contributed by atoms with Crippen LogP contribution < -0.4 is 16.0 Å². The lowest BCUT2D eigenvalue weighted by atomic mass is 9.85. The molecule has 140 valence electrons. The first-order chi connectivity index (χ1) is 13.0. The van der Waals surface area contributed by atoms with Gasteiger partial charge in [-0.25, -0.2) is 4.99 Å². The van der Waals surface area contributed by atoms with Gasteiger partial charge in [-0.05, 0) is 43.2 Å². The van der Waals surface area contributed by atoms with E-state index < -0.39 is 11.7 Å². The van der Waals surface area contributed by atoms with E-state index >= 15 is 0 Å². The number of likely N-dealkylation sites (tertiary alicyclic amines) is 1. The summed E-state index contributed by atoms with van der Waals surface area (Å²) < 4.78 is 0. The molecule has 1 fully saturated rings. The summed E-state index contributed by atoms with van der Waals surface area (Å²) in [5.41, 5.74) is 0.417. The van der Waals surface area contributed by atoms with Crippen LogP contribution in [0.3, 0.4) is 0 Å². The molecule has 1 saturated heterocycles. The Kier molecular flexibility index (Phi) is 5.12. The van der Waals surface area contributed by atoms with Crippen molar-refractivity contribution >= 4 is 23.7 Å². The molecule has 2 aliphatic rings. The summed E-state index contributed by atoms with van der Waals surface area (Å²) in [6.07, 6.45) is 3.93. The fourth-order valence-corrected chi connectivity index (χ4v) is 3.20. The van der Waals surface area contributed by atoms with E-state index in [1.165, 1.54) is 0 Å². The van der Waals surface area contributed by atoms with Crippen LogP contribution in [0, 0.1) is 16.7 Å². The molecule has 2 heterocycles. The molecule has 2 aliphatic heterocycles. The fraction of sp³-hybridized carbons (Fsp3) is 0.368. The van der Waals surface area contributed by atoms with Crippen molar-refractivity contribution in [3.63, 3.8) is 0 Å². The third kappa shape index (κ3) is 3.49. The Hall–Kier alpha value is -3.34. The highest BCUT2D eigenvalue weighted by Crippen LogP contribution is 2.36. The van der Waals surface area contributed by atoms with Crippen molar-refractivity contribution in [1.29, 1.82) is 5.26 Å². The first-order valence-corrected chi connectivity index (χ1v) is 8.85. The van der Waals surface area contributed by atoms with Gasteiger partial charge in [0.1, 0.15) is 11.2 Å². The van der Waals surface area contributed by atoms with Gasteiger partial charge in [0.15, 0.2) is 6.29 Å². The number of rotatable bonds is 5. The minimum Gasteiger partial charge on any atom is -0.355 e. The second kappa shape index (κ2) is 7.50. The summed E-state index contributed by atoms with van der Waals surface area (Å²) in [4.78, 5) is 30.2. The van der Waals surface area contributed by atoms with Crippen molar-refractivity contribution in [2.75, 3.05) is 18.9 Å². The Labute approximate surface area is 157 Å². The van der Waals surface area contributed by atoms with Gasteiger partial charge in [-0.15, -0.1) is 0 Å². The lowest BCUT2D eigenvalue weighted by Crippen LogP contribution is -2.44. The Morgan fingerprint density at radius 2 is 2.19 bits per heavy atom. The molecule has 27 heavy (non-hydrogen) atoms. The van der Waals surface area contributed by atoms with Gasteiger partial charge in [0.2, 0.25) is 5.91 Å². The number of aliphatic imine (C=N–C) groups is 1. The van der Waals surface area contributed by atoms with Crippen LogP contribution in [0.15, 0.2) is 41.2 Å². The van der Waals surface area contributed by atoms with Crippen molar-refractivity contribution in [3.05, 3.63) is 41.7 Å². The van der Waals surface area contributed by atoms with E-state index in [1.54, 1.807) is 48.5 Å². The number of nitrogens with one attached hydrogen (secondary N) is 3. The molecule has 0 aromatic heterocycles. The van der Waals surface area contributed by atoms with E-state index in [4.69, 9.17) is 0 Å². The molecule has 8 heteroatoms. The Morgan fingerprint density at radius 3 is 2.78 bits per heavy atom. The van der Waals surface area contributed by atoms with Crippen LogP contribution in [0.4, 0.5) is 5.69 Å².